The molecule has 1 saturated heterocycles. The number of ether oxygens (including phenoxy) is 3. The van der Waals surface area contributed by atoms with E-state index in [4.69, 9.17) is 9.47 Å². The van der Waals surface area contributed by atoms with Crippen molar-refractivity contribution in [3.63, 3.8) is 0 Å². The number of amides is 1. The lowest BCUT2D eigenvalue weighted by Gasteiger charge is -2.35. The lowest BCUT2D eigenvalue weighted by Crippen LogP contribution is -2.50. The zero-order valence-electron chi connectivity index (χ0n) is 16.1. The van der Waals surface area contributed by atoms with Gasteiger partial charge in [-0.2, -0.15) is 0 Å². The van der Waals surface area contributed by atoms with Crippen molar-refractivity contribution in [2.45, 2.75) is 78.4 Å². The third kappa shape index (κ3) is 5.51. The van der Waals surface area contributed by atoms with Gasteiger partial charge in [-0.15, -0.1) is 0 Å². The minimum Gasteiger partial charge on any atom is -0.466 e. The topological polar surface area (TPSA) is 65.1 Å². The Morgan fingerprint density at radius 2 is 1.88 bits per heavy atom. The molecule has 1 rings (SSSR count). The molecule has 1 aliphatic heterocycles. The lowest BCUT2D eigenvalue weighted by atomic mass is 9.98. The minimum atomic E-state index is -0.826. The zero-order chi connectivity index (χ0) is 18.7. The van der Waals surface area contributed by atoms with Crippen LogP contribution in [-0.4, -0.2) is 47.5 Å². The largest absolute Gasteiger partial charge is 0.466 e. The molecule has 0 radical (unpaired) electrons. The van der Waals surface area contributed by atoms with E-state index in [1.807, 2.05) is 34.6 Å². The number of rotatable bonds is 4. The number of carbonyl (C=O) groups is 2. The van der Waals surface area contributed by atoms with Gasteiger partial charge in [-0.25, -0.2) is 9.59 Å². The van der Waals surface area contributed by atoms with Crippen molar-refractivity contribution in [1.29, 1.82) is 0 Å². The summed E-state index contributed by atoms with van der Waals surface area (Å²) < 4.78 is 16.2. The van der Waals surface area contributed by atoms with Crippen LogP contribution in [0.2, 0.25) is 0 Å². The van der Waals surface area contributed by atoms with E-state index >= 15 is 0 Å². The van der Waals surface area contributed by atoms with E-state index in [2.05, 4.69) is 18.6 Å². The first-order valence-corrected chi connectivity index (χ1v) is 8.33. The molecule has 0 spiro atoms. The van der Waals surface area contributed by atoms with Gasteiger partial charge in [0.25, 0.3) is 0 Å². The molecule has 0 unspecified atom stereocenters. The summed E-state index contributed by atoms with van der Waals surface area (Å²) in [6.07, 6.45) is 2.93. The molecular formula is C18H31NO5. The van der Waals surface area contributed by atoms with Gasteiger partial charge >= 0.3 is 12.1 Å². The van der Waals surface area contributed by atoms with Crippen LogP contribution >= 0.6 is 0 Å². The molecule has 1 heterocycles. The molecular weight excluding hydrogens is 310 g/mol. The maximum absolute atomic E-state index is 12.7. The second kappa shape index (κ2) is 7.55. The van der Waals surface area contributed by atoms with Crippen LogP contribution in [0.4, 0.5) is 4.79 Å². The van der Waals surface area contributed by atoms with Crippen LogP contribution in [0, 0.1) is 5.92 Å². The number of hydrogen-bond donors (Lipinski definition) is 0. The molecule has 1 aliphatic rings. The van der Waals surface area contributed by atoms with E-state index in [1.165, 1.54) is 13.2 Å². The van der Waals surface area contributed by atoms with Crippen LogP contribution in [0.3, 0.4) is 0 Å². The SMILES string of the molecule is COC(=O)/C=C\[C@@H]1OC(C)(C)N(C(=O)OC(C)(C)C)[C@H]1CC(C)C. The van der Waals surface area contributed by atoms with Crippen LogP contribution in [0.5, 0.6) is 0 Å². The van der Waals surface area contributed by atoms with Crippen molar-refractivity contribution < 1.29 is 23.8 Å². The fourth-order valence-electron chi connectivity index (χ4n) is 2.81. The van der Waals surface area contributed by atoms with E-state index in [1.54, 1.807) is 11.0 Å². The third-order valence-electron chi connectivity index (χ3n) is 3.64. The van der Waals surface area contributed by atoms with Gasteiger partial charge in [-0.05, 0) is 53.0 Å². The number of hydrogen-bond acceptors (Lipinski definition) is 5. The Morgan fingerprint density at radius 3 is 2.33 bits per heavy atom. The predicted octanol–water partition coefficient (Wildman–Crippen LogP) is 3.50. The highest BCUT2D eigenvalue weighted by molar-refractivity contribution is 5.81. The standard InChI is InChI=1S/C18H31NO5/c1-12(2)11-13-14(9-10-15(20)22-8)23-18(6,7)19(13)16(21)24-17(3,4)5/h9-10,12-14H,11H2,1-8H3/b10-9-/t13-,14-/m0/s1. The summed E-state index contributed by atoms with van der Waals surface area (Å²) in [5.41, 5.74) is -1.41. The first kappa shape index (κ1) is 20.5. The van der Waals surface area contributed by atoms with Gasteiger partial charge in [0.15, 0.2) is 0 Å². The Hall–Kier alpha value is -1.56. The van der Waals surface area contributed by atoms with Crippen molar-refractivity contribution in [2.24, 2.45) is 5.92 Å². The fraction of sp³-hybridized carbons (Fsp3) is 0.778. The Labute approximate surface area is 145 Å². The zero-order valence-corrected chi connectivity index (χ0v) is 16.1. The average Bonchev–Trinajstić information content (AvgIpc) is 2.63. The van der Waals surface area contributed by atoms with Crippen LogP contribution < -0.4 is 0 Å². The van der Waals surface area contributed by atoms with Crippen LogP contribution in [-0.2, 0) is 19.0 Å². The van der Waals surface area contributed by atoms with E-state index < -0.39 is 29.5 Å². The highest BCUT2D eigenvalue weighted by Crippen LogP contribution is 2.37. The summed E-state index contributed by atoms with van der Waals surface area (Å²) in [7, 11) is 1.32. The summed E-state index contributed by atoms with van der Waals surface area (Å²) in [6.45, 7) is 13.3. The average molecular weight is 341 g/mol. The number of esters is 1. The number of nitrogens with zero attached hydrogens (tertiary/aromatic N) is 1. The van der Waals surface area contributed by atoms with Crippen LogP contribution in [0.15, 0.2) is 12.2 Å². The smallest absolute Gasteiger partial charge is 0.412 e. The molecule has 2 atom stereocenters. The molecule has 24 heavy (non-hydrogen) atoms. The summed E-state index contributed by atoms with van der Waals surface area (Å²) in [5, 5.41) is 0. The van der Waals surface area contributed by atoms with Gasteiger partial charge in [0.2, 0.25) is 0 Å². The maximum Gasteiger partial charge on any atom is 0.412 e. The van der Waals surface area contributed by atoms with Crippen molar-refractivity contribution in [2.75, 3.05) is 7.11 Å². The first-order chi connectivity index (χ1) is 10.9. The molecule has 0 aliphatic carbocycles. The molecule has 138 valence electrons. The normalized spacial score (nSPS) is 23.8. The first-order valence-electron chi connectivity index (χ1n) is 8.33. The molecule has 0 aromatic heterocycles. The summed E-state index contributed by atoms with van der Waals surface area (Å²) in [5.74, 6) is -0.0955. The highest BCUT2D eigenvalue weighted by atomic mass is 16.6. The van der Waals surface area contributed by atoms with Gasteiger partial charge in [0.05, 0.1) is 19.3 Å². The molecule has 0 bridgehead atoms. The number of methoxy groups -OCH3 is 1. The molecule has 1 amide bonds. The minimum absolute atomic E-state index is 0.212. The van der Waals surface area contributed by atoms with E-state index in [-0.39, 0.29) is 6.04 Å². The molecule has 6 heteroatoms. The Bertz CT molecular complexity index is 490. The predicted molar refractivity (Wildman–Crippen MR) is 91.4 cm³/mol. The van der Waals surface area contributed by atoms with Gasteiger partial charge in [0.1, 0.15) is 11.3 Å². The van der Waals surface area contributed by atoms with Crippen LogP contribution in [0.25, 0.3) is 0 Å². The monoisotopic (exact) mass is 341 g/mol. The lowest BCUT2D eigenvalue weighted by molar-refractivity contribution is -0.135. The highest BCUT2D eigenvalue weighted by Gasteiger charge is 2.50. The second-order valence-corrected chi connectivity index (χ2v) is 7.96. The molecule has 0 aromatic rings. The van der Waals surface area contributed by atoms with Gasteiger partial charge in [-0.3, -0.25) is 4.90 Å². The summed E-state index contributed by atoms with van der Waals surface area (Å²) >= 11 is 0. The van der Waals surface area contributed by atoms with Crippen molar-refractivity contribution in [3.05, 3.63) is 12.2 Å². The van der Waals surface area contributed by atoms with E-state index in [9.17, 15) is 9.59 Å². The van der Waals surface area contributed by atoms with Gasteiger partial charge < -0.3 is 14.2 Å². The van der Waals surface area contributed by atoms with Crippen molar-refractivity contribution >= 4 is 12.1 Å². The summed E-state index contributed by atoms with van der Waals surface area (Å²) in [6, 6.07) is -0.212. The Morgan fingerprint density at radius 1 is 1.29 bits per heavy atom. The van der Waals surface area contributed by atoms with E-state index in [0.717, 1.165) is 6.42 Å². The molecule has 0 saturated carbocycles. The Balaban J connectivity index is 3.10. The Kier molecular flexibility index (Phi) is 6.45. The number of carbonyl (C=O) groups excluding carboxylic acids is 2. The molecule has 0 N–H and O–H groups in total. The molecule has 1 fully saturated rings. The fourth-order valence-corrected chi connectivity index (χ4v) is 2.81. The molecule has 0 aromatic carbocycles. The van der Waals surface area contributed by atoms with Crippen molar-refractivity contribution in [1.82, 2.24) is 4.90 Å². The van der Waals surface area contributed by atoms with E-state index in [0.29, 0.717) is 5.92 Å². The van der Waals surface area contributed by atoms with Gasteiger partial charge in [0, 0.05) is 6.08 Å². The maximum atomic E-state index is 12.7. The van der Waals surface area contributed by atoms with Crippen molar-refractivity contribution in [3.8, 4) is 0 Å². The third-order valence-corrected chi connectivity index (χ3v) is 3.64. The second-order valence-electron chi connectivity index (χ2n) is 7.96. The summed E-state index contributed by atoms with van der Waals surface area (Å²) in [4.78, 5) is 25.8. The quantitative estimate of drug-likeness (QED) is 0.578. The van der Waals surface area contributed by atoms with Crippen LogP contribution in [0.1, 0.15) is 54.9 Å². The molecule has 6 nitrogen and oxygen atoms in total. The van der Waals surface area contributed by atoms with Gasteiger partial charge in [-0.1, -0.05) is 13.8 Å².